The van der Waals surface area contributed by atoms with E-state index in [-0.39, 0.29) is 12.2 Å². The lowest BCUT2D eigenvalue weighted by Crippen LogP contribution is -2.46. The first kappa shape index (κ1) is 29.8. The molecule has 222 valence electrons. The Kier molecular flexibility index (Phi) is 8.70. The van der Waals surface area contributed by atoms with Crippen LogP contribution in [0.3, 0.4) is 0 Å². The van der Waals surface area contributed by atoms with Gasteiger partial charge in [-0.05, 0) is 42.0 Å². The molecule has 5 rings (SSSR count). The predicted octanol–water partition coefficient (Wildman–Crippen LogP) is 4.61. The number of carbonyl (C=O) groups is 1. The lowest BCUT2D eigenvalue weighted by molar-refractivity contribution is -0.137. The highest BCUT2D eigenvalue weighted by Gasteiger charge is 2.33. The number of piperazine rings is 1. The number of hydrogen-bond acceptors (Lipinski definition) is 6. The monoisotopic (exact) mass is 621 g/mol. The topological polar surface area (TPSA) is 120 Å². The maximum absolute atomic E-state index is 13.2. The number of urea groups is 1. The fourth-order valence-electron chi connectivity index (χ4n) is 4.66. The third-order valence-electron chi connectivity index (χ3n) is 6.74. The molecule has 4 N–H and O–H groups in total. The van der Waals surface area contributed by atoms with Gasteiger partial charge in [0.05, 0.1) is 16.1 Å². The van der Waals surface area contributed by atoms with Crippen LogP contribution >= 0.6 is 11.6 Å². The smallest absolute Gasteiger partial charge is 0.314 e. The Hall–Kier alpha value is -3.69. The highest BCUT2D eigenvalue weighted by Crippen LogP contribution is 2.36. The Balaban J connectivity index is 1.29. The summed E-state index contributed by atoms with van der Waals surface area (Å²) < 4.78 is 69.7. The van der Waals surface area contributed by atoms with Gasteiger partial charge in [0.1, 0.15) is 0 Å². The molecule has 0 unspecified atom stereocenters. The van der Waals surface area contributed by atoms with E-state index in [1.54, 1.807) is 36.5 Å². The second-order valence-electron chi connectivity index (χ2n) is 9.57. The van der Waals surface area contributed by atoms with Crippen LogP contribution in [0.4, 0.5) is 29.3 Å². The van der Waals surface area contributed by atoms with Crippen molar-refractivity contribution in [3.63, 3.8) is 0 Å². The van der Waals surface area contributed by atoms with E-state index in [1.807, 2.05) is 0 Å². The molecule has 15 heteroatoms. The number of anilines is 2. The molecule has 4 aromatic rings. The van der Waals surface area contributed by atoms with Crippen molar-refractivity contribution in [3.8, 4) is 11.1 Å². The summed E-state index contributed by atoms with van der Waals surface area (Å²) in [6.45, 7) is 4.31. The predicted molar refractivity (Wildman–Crippen MR) is 156 cm³/mol. The average molecular weight is 622 g/mol. The largest absolute Gasteiger partial charge is 0.417 e. The van der Waals surface area contributed by atoms with E-state index in [2.05, 4.69) is 30.6 Å². The molecule has 10 nitrogen and oxygen atoms in total. The van der Waals surface area contributed by atoms with Gasteiger partial charge in [-0.15, -0.1) is 0 Å². The number of aromatic nitrogens is 2. The summed E-state index contributed by atoms with van der Waals surface area (Å²) in [6.07, 6.45) is -0.0469. The van der Waals surface area contributed by atoms with Crippen LogP contribution < -0.4 is 20.7 Å². The van der Waals surface area contributed by atoms with Crippen molar-refractivity contribution in [3.05, 3.63) is 77.7 Å². The van der Waals surface area contributed by atoms with E-state index < -0.39 is 33.0 Å². The Morgan fingerprint density at radius 1 is 1.02 bits per heavy atom. The number of nitrogens with one attached hydrogen (secondary N) is 4. The van der Waals surface area contributed by atoms with Crippen molar-refractivity contribution >= 4 is 50.1 Å². The van der Waals surface area contributed by atoms with Crippen LogP contribution in [-0.4, -0.2) is 67.6 Å². The van der Waals surface area contributed by atoms with Gasteiger partial charge in [-0.1, -0.05) is 23.7 Å². The molecule has 1 saturated heterocycles. The van der Waals surface area contributed by atoms with Gasteiger partial charge in [0, 0.05) is 80.2 Å². The Morgan fingerprint density at radius 3 is 2.43 bits per heavy atom. The molecule has 0 radical (unpaired) electrons. The van der Waals surface area contributed by atoms with Gasteiger partial charge in [-0.25, -0.2) is 8.77 Å². The number of carbonyl (C=O) groups excluding carboxylic acids is 1. The molecule has 2 amide bonds. The average Bonchev–Trinajstić information content (AvgIpc) is 3.35. The maximum atomic E-state index is 13.2. The van der Waals surface area contributed by atoms with Crippen molar-refractivity contribution in [2.75, 3.05) is 49.9 Å². The minimum atomic E-state index is -4.67. The van der Waals surface area contributed by atoms with Crippen LogP contribution in [-0.2, 0) is 16.4 Å². The minimum Gasteiger partial charge on any atom is -0.314 e. The Labute approximate surface area is 245 Å². The van der Waals surface area contributed by atoms with Crippen molar-refractivity contribution in [2.24, 2.45) is 0 Å². The van der Waals surface area contributed by atoms with Crippen molar-refractivity contribution < 1.29 is 26.4 Å². The molecular weight excluding hydrogens is 595 g/mol. The Morgan fingerprint density at radius 2 is 1.71 bits per heavy atom. The van der Waals surface area contributed by atoms with Crippen LogP contribution in [0.1, 0.15) is 5.56 Å². The summed E-state index contributed by atoms with van der Waals surface area (Å²) >= 11 is 5.63. The number of nitrogens with zero attached hydrogens (tertiary/aromatic N) is 3. The minimum absolute atomic E-state index is 0.0797. The van der Waals surface area contributed by atoms with Gasteiger partial charge in [-0.2, -0.15) is 26.3 Å². The lowest BCUT2D eigenvalue weighted by Gasteiger charge is -2.27. The van der Waals surface area contributed by atoms with Crippen LogP contribution in [0, 0.1) is 0 Å². The molecule has 1 aliphatic rings. The Bertz CT molecular complexity index is 1690. The highest BCUT2D eigenvalue weighted by molar-refractivity contribution is 7.88. The van der Waals surface area contributed by atoms with Crippen molar-refractivity contribution in [2.45, 2.75) is 6.18 Å². The van der Waals surface area contributed by atoms with Crippen LogP contribution in [0.2, 0.25) is 5.02 Å². The first-order valence-electron chi connectivity index (χ1n) is 12.9. The molecular formula is C27H27ClF3N7O3S. The van der Waals surface area contributed by atoms with Crippen LogP contribution in [0.25, 0.3) is 22.0 Å². The third-order valence-corrected chi connectivity index (χ3v) is 8.45. The summed E-state index contributed by atoms with van der Waals surface area (Å²) in [7, 11) is -3.89. The quantitative estimate of drug-likeness (QED) is 0.228. The number of pyridine rings is 1. The highest BCUT2D eigenvalue weighted by atomic mass is 35.5. The van der Waals surface area contributed by atoms with Gasteiger partial charge >= 0.3 is 22.4 Å². The van der Waals surface area contributed by atoms with Crippen molar-refractivity contribution in [1.82, 2.24) is 23.9 Å². The molecule has 0 bridgehead atoms. The first-order valence-corrected chi connectivity index (χ1v) is 14.8. The number of fused-ring (bicyclic) bond motifs is 1. The molecule has 1 aliphatic heterocycles. The molecule has 42 heavy (non-hydrogen) atoms. The summed E-state index contributed by atoms with van der Waals surface area (Å²) in [4.78, 5) is 18.8. The third kappa shape index (κ3) is 6.85. The second-order valence-corrected chi connectivity index (χ2v) is 11.6. The van der Waals surface area contributed by atoms with E-state index >= 15 is 0 Å². The van der Waals surface area contributed by atoms with E-state index in [0.29, 0.717) is 34.3 Å². The summed E-state index contributed by atoms with van der Waals surface area (Å²) in [5, 5.41) is 8.33. The summed E-state index contributed by atoms with van der Waals surface area (Å²) in [5.41, 5.74) is 0.965. The van der Waals surface area contributed by atoms with Crippen molar-refractivity contribution in [1.29, 1.82) is 0 Å². The van der Waals surface area contributed by atoms with E-state index in [9.17, 15) is 26.4 Å². The zero-order valence-electron chi connectivity index (χ0n) is 22.1. The molecule has 3 heterocycles. The maximum Gasteiger partial charge on any atom is 0.417 e. The van der Waals surface area contributed by atoms with Gasteiger partial charge in [0.2, 0.25) is 0 Å². The molecule has 0 saturated carbocycles. The summed E-state index contributed by atoms with van der Waals surface area (Å²) in [5.74, 6) is 0. The zero-order valence-corrected chi connectivity index (χ0v) is 23.7. The number of halogens is 4. The van der Waals surface area contributed by atoms with E-state index in [1.165, 1.54) is 22.4 Å². The van der Waals surface area contributed by atoms with Gasteiger partial charge in [0.25, 0.3) is 0 Å². The van der Waals surface area contributed by atoms with E-state index in [0.717, 1.165) is 38.3 Å². The number of amides is 2. The molecule has 0 atom stereocenters. The van der Waals surface area contributed by atoms with Crippen LogP contribution in [0.5, 0.6) is 0 Å². The number of alkyl halides is 3. The molecule has 2 aromatic heterocycles. The second kappa shape index (κ2) is 12.3. The van der Waals surface area contributed by atoms with Crippen LogP contribution in [0.15, 0.2) is 67.1 Å². The summed E-state index contributed by atoms with van der Waals surface area (Å²) in [6, 6.07) is 10.5. The molecule has 0 spiro atoms. The molecule has 2 aromatic carbocycles. The van der Waals surface area contributed by atoms with Gasteiger partial charge in [0.15, 0.2) is 0 Å². The molecule has 0 aliphatic carbocycles. The van der Waals surface area contributed by atoms with Gasteiger partial charge in [-0.3, -0.25) is 9.88 Å². The normalized spacial score (nSPS) is 14.7. The fourth-order valence-corrected chi connectivity index (χ4v) is 6.03. The zero-order chi connectivity index (χ0) is 29.9. The fraction of sp³-hybridized carbons (Fsp3) is 0.259. The molecule has 1 fully saturated rings. The first-order chi connectivity index (χ1) is 20.0. The van der Waals surface area contributed by atoms with E-state index in [4.69, 9.17) is 11.6 Å². The SMILES string of the molecule is O=C(Nc1ccc(-c2cn(S(=O)(=O)NCCN3CCNCC3)c3ccncc23)cc1)Nc1ccc(Cl)c(C(F)(F)F)c1. The number of benzene rings is 2. The lowest BCUT2D eigenvalue weighted by atomic mass is 10.1. The van der Waals surface area contributed by atoms with Gasteiger partial charge < -0.3 is 16.0 Å². The number of hydrogen-bond donors (Lipinski definition) is 4. The standard InChI is InChI=1S/C27H27ClF3N7O3S/c28-24-6-5-20(15-23(24)27(29,30)31)36-26(39)35-19-3-1-18(2-4-19)22-17-38(25-7-8-33-16-21(22)25)42(40,41)34-11-14-37-12-9-32-10-13-37/h1-8,15-17,32,34H,9-14H2,(H2,35,36,39). The number of rotatable bonds is 8.